The number of hydrogen-bond donors (Lipinski definition) is 0. The minimum Gasteiger partial charge on any atom is -0.480 e. The molecule has 134 valence electrons. The summed E-state index contributed by atoms with van der Waals surface area (Å²) in [4.78, 5) is 22.4. The van der Waals surface area contributed by atoms with Gasteiger partial charge in [0, 0.05) is 5.57 Å². The molecule has 5 rings (SSSR count). The van der Waals surface area contributed by atoms with Crippen molar-refractivity contribution in [1.29, 1.82) is 0 Å². The van der Waals surface area contributed by atoms with Crippen LogP contribution in [-0.4, -0.2) is 15.8 Å². The molecule has 1 aliphatic rings. The number of carbonyl (C=O) groups is 1. The van der Waals surface area contributed by atoms with Crippen molar-refractivity contribution in [3.05, 3.63) is 107 Å². The maximum atomic E-state index is 13.3. The molecule has 0 unspecified atom stereocenters. The molecule has 0 fully saturated rings. The number of carbonyl (C=O) groups excluding carboxylic acids is 1. The van der Waals surface area contributed by atoms with Crippen LogP contribution in [0.3, 0.4) is 0 Å². The highest BCUT2D eigenvalue weighted by atomic mass is 16.5. The number of Topliss-reactive ketones (excluding diaryl/α,β-unsaturated/α-hetero) is 1. The van der Waals surface area contributed by atoms with Crippen LogP contribution in [0.5, 0.6) is 5.75 Å². The van der Waals surface area contributed by atoms with Gasteiger partial charge in [0.1, 0.15) is 5.75 Å². The second-order valence-corrected chi connectivity index (χ2v) is 6.62. The fraction of sp³-hybridized carbons (Fsp3) is 0.0417. The molecule has 1 aliphatic heterocycles. The van der Waals surface area contributed by atoms with E-state index in [0.717, 1.165) is 16.6 Å². The molecule has 2 heterocycles. The van der Waals surface area contributed by atoms with E-state index >= 15 is 0 Å². The molecule has 0 N–H and O–H groups in total. The lowest BCUT2D eigenvalue weighted by atomic mass is 9.90. The Balaban J connectivity index is 1.66. The van der Waals surface area contributed by atoms with Crippen LogP contribution < -0.4 is 4.74 Å². The van der Waals surface area contributed by atoms with Crippen molar-refractivity contribution in [2.75, 3.05) is 0 Å². The molecule has 0 saturated carbocycles. The van der Waals surface area contributed by atoms with Gasteiger partial charge >= 0.3 is 0 Å². The average Bonchev–Trinajstić information content (AvgIpc) is 2.76. The summed E-state index contributed by atoms with van der Waals surface area (Å²) >= 11 is 0. The molecule has 3 aromatic carbocycles. The van der Waals surface area contributed by atoms with Gasteiger partial charge in [0.2, 0.25) is 0 Å². The first-order chi connectivity index (χ1) is 13.8. The van der Waals surface area contributed by atoms with Crippen LogP contribution in [0, 0.1) is 0 Å². The van der Waals surface area contributed by atoms with Gasteiger partial charge in [-0.05, 0) is 35.9 Å². The number of hydrogen-bond acceptors (Lipinski definition) is 4. The minimum absolute atomic E-state index is 0.0503. The third-order valence-corrected chi connectivity index (χ3v) is 4.79. The summed E-state index contributed by atoms with van der Waals surface area (Å²) in [7, 11) is 0. The molecule has 4 nitrogen and oxygen atoms in total. The summed E-state index contributed by atoms with van der Waals surface area (Å²) in [5, 5.41) is 0. The zero-order chi connectivity index (χ0) is 18.9. The molecular formula is C24H16N2O2. The number of aromatic nitrogens is 2. The standard InChI is InChI=1S/C24H16N2O2/c27-23-18-10-4-7-13-22(18)28-24(16-8-2-1-3-9-16)19(23)14-17-15-25-20-11-5-6-12-21(20)26-17/h1-15,24H/b19-14-/t24-/m1/s1. The van der Waals surface area contributed by atoms with Crippen molar-refractivity contribution in [3.8, 4) is 5.75 Å². The third-order valence-electron chi connectivity index (χ3n) is 4.79. The predicted molar refractivity (Wildman–Crippen MR) is 108 cm³/mol. The number of nitrogens with zero attached hydrogens (tertiary/aromatic N) is 2. The average molecular weight is 364 g/mol. The Hall–Kier alpha value is -3.79. The van der Waals surface area contributed by atoms with Gasteiger partial charge in [0.15, 0.2) is 11.9 Å². The van der Waals surface area contributed by atoms with Crippen molar-refractivity contribution in [2.45, 2.75) is 6.10 Å². The van der Waals surface area contributed by atoms with Gasteiger partial charge in [-0.3, -0.25) is 9.78 Å². The lowest BCUT2D eigenvalue weighted by molar-refractivity contribution is 0.0963. The highest BCUT2D eigenvalue weighted by Crippen LogP contribution is 2.39. The summed E-state index contributed by atoms with van der Waals surface area (Å²) in [6.07, 6.45) is 2.98. The Bertz CT molecular complexity index is 1220. The molecule has 4 aromatic rings. The predicted octanol–water partition coefficient (Wildman–Crippen LogP) is 5.03. The second kappa shape index (κ2) is 6.74. The number of para-hydroxylation sites is 3. The smallest absolute Gasteiger partial charge is 0.196 e. The van der Waals surface area contributed by atoms with Crippen LogP contribution >= 0.6 is 0 Å². The van der Waals surface area contributed by atoms with Gasteiger partial charge in [-0.25, -0.2) is 4.98 Å². The van der Waals surface area contributed by atoms with Crippen LogP contribution in [0.1, 0.15) is 27.7 Å². The van der Waals surface area contributed by atoms with Crippen LogP contribution in [0.25, 0.3) is 17.1 Å². The number of rotatable bonds is 2. The van der Waals surface area contributed by atoms with E-state index < -0.39 is 6.10 Å². The largest absolute Gasteiger partial charge is 0.480 e. The van der Waals surface area contributed by atoms with Crippen molar-refractivity contribution in [2.24, 2.45) is 0 Å². The molecule has 0 radical (unpaired) electrons. The fourth-order valence-corrected chi connectivity index (χ4v) is 3.44. The Morgan fingerprint density at radius 1 is 0.821 bits per heavy atom. The first-order valence-electron chi connectivity index (χ1n) is 9.08. The Morgan fingerprint density at radius 2 is 1.54 bits per heavy atom. The third kappa shape index (κ3) is 2.85. The monoisotopic (exact) mass is 364 g/mol. The van der Waals surface area contributed by atoms with E-state index in [1.165, 1.54) is 0 Å². The molecule has 4 heteroatoms. The van der Waals surface area contributed by atoms with Crippen LogP contribution in [0.4, 0.5) is 0 Å². The van der Waals surface area contributed by atoms with Gasteiger partial charge in [-0.1, -0.05) is 54.6 Å². The van der Waals surface area contributed by atoms with E-state index in [1.54, 1.807) is 18.3 Å². The zero-order valence-electron chi connectivity index (χ0n) is 14.9. The quantitative estimate of drug-likeness (QED) is 0.468. The van der Waals surface area contributed by atoms with Crippen LogP contribution in [-0.2, 0) is 0 Å². The van der Waals surface area contributed by atoms with Crippen molar-refractivity contribution >= 4 is 22.9 Å². The maximum Gasteiger partial charge on any atom is 0.196 e. The first kappa shape index (κ1) is 16.4. The van der Waals surface area contributed by atoms with E-state index in [2.05, 4.69) is 9.97 Å². The van der Waals surface area contributed by atoms with Crippen molar-refractivity contribution in [1.82, 2.24) is 9.97 Å². The Morgan fingerprint density at radius 3 is 2.39 bits per heavy atom. The second-order valence-electron chi connectivity index (χ2n) is 6.62. The van der Waals surface area contributed by atoms with Gasteiger partial charge < -0.3 is 4.74 Å². The summed E-state index contributed by atoms with van der Waals surface area (Å²) in [5.41, 5.74) is 4.28. The first-order valence-corrected chi connectivity index (χ1v) is 9.08. The van der Waals surface area contributed by atoms with E-state index in [4.69, 9.17) is 4.74 Å². The van der Waals surface area contributed by atoms with Crippen LogP contribution in [0.15, 0.2) is 90.6 Å². The molecular weight excluding hydrogens is 348 g/mol. The highest BCUT2D eigenvalue weighted by molar-refractivity contribution is 6.14. The number of fused-ring (bicyclic) bond motifs is 2. The molecule has 0 saturated heterocycles. The molecule has 0 spiro atoms. The normalized spacial score (nSPS) is 17.4. The van der Waals surface area contributed by atoms with Gasteiger partial charge in [0.05, 0.1) is 28.5 Å². The van der Waals surface area contributed by atoms with E-state index in [0.29, 0.717) is 22.6 Å². The van der Waals surface area contributed by atoms with E-state index in [-0.39, 0.29) is 5.78 Å². The summed E-state index contributed by atoms with van der Waals surface area (Å²) in [5.74, 6) is 0.550. The topological polar surface area (TPSA) is 52.1 Å². The molecule has 1 aromatic heterocycles. The van der Waals surface area contributed by atoms with Gasteiger partial charge in [-0.2, -0.15) is 0 Å². The summed E-state index contributed by atoms with van der Waals surface area (Å²) in [6, 6.07) is 24.8. The minimum atomic E-state index is -0.489. The molecule has 0 amide bonds. The lowest BCUT2D eigenvalue weighted by Gasteiger charge is -2.28. The lowest BCUT2D eigenvalue weighted by Crippen LogP contribution is -2.23. The fourth-order valence-electron chi connectivity index (χ4n) is 3.44. The van der Waals surface area contributed by atoms with Crippen LogP contribution in [0.2, 0.25) is 0 Å². The summed E-state index contributed by atoms with van der Waals surface area (Å²) < 4.78 is 6.22. The SMILES string of the molecule is O=C1/C(=C/c2cnc3ccccc3n2)[C@@H](c2ccccc2)Oc2ccccc21. The summed E-state index contributed by atoms with van der Waals surface area (Å²) in [6.45, 7) is 0. The molecule has 0 aliphatic carbocycles. The van der Waals surface area contributed by atoms with Crippen molar-refractivity contribution < 1.29 is 9.53 Å². The number of ketones is 1. The number of benzene rings is 3. The molecule has 1 atom stereocenters. The molecule has 28 heavy (non-hydrogen) atoms. The van der Waals surface area contributed by atoms with Gasteiger partial charge in [-0.15, -0.1) is 0 Å². The van der Waals surface area contributed by atoms with Gasteiger partial charge in [0.25, 0.3) is 0 Å². The Kier molecular flexibility index (Phi) is 3.95. The highest BCUT2D eigenvalue weighted by Gasteiger charge is 2.32. The van der Waals surface area contributed by atoms with E-state index in [1.807, 2.05) is 72.8 Å². The van der Waals surface area contributed by atoms with E-state index in [9.17, 15) is 4.79 Å². The Labute approximate surface area is 162 Å². The molecule has 0 bridgehead atoms. The zero-order valence-corrected chi connectivity index (χ0v) is 14.9. The van der Waals surface area contributed by atoms with Crippen molar-refractivity contribution in [3.63, 3.8) is 0 Å². The number of ether oxygens (including phenoxy) is 1. The maximum absolute atomic E-state index is 13.3.